The topological polar surface area (TPSA) is 149 Å². The van der Waals surface area contributed by atoms with E-state index in [-0.39, 0.29) is 0 Å². The third kappa shape index (κ3) is 457. The summed E-state index contributed by atoms with van der Waals surface area (Å²) in [6, 6.07) is 0. The second-order valence-electron chi connectivity index (χ2n) is 2.11. The molecule has 0 aliphatic rings. The van der Waals surface area contributed by atoms with Gasteiger partial charge in [0.05, 0.1) is 0 Å². The summed E-state index contributed by atoms with van der Waals surface area (Å²) < 4.78 is 31.6. The zero-order valence-corrected chi connectivity index (χ0v) is 9.06. The first-order valence-corrected chi connectivity index (χ1v) is 5.01. The van der Waals surface area contributed by atoms with E-state index in [0.717, 1.165) is 13.3 Å². The molecule has 0 aromatic carbocycles. The molecule has 0 atom stereocenters. The normalized spacial score (nSPS) is 8.80. The summed E-state index contributed by atoms with van der Waals surface area (Å²) in [5.74, 6) is -1.54. The van der Waals surface area contributed by atoms with E-state index in [1.165, 1.54) is 0 Å². The molecular formula is C6H14O8S. The molecule has 0 aliphatic heterocycles. The summed E-state index contributed by atoms with van der Waals surface area (Å²) in [5, 5.41) is 15.3. The minimum absolute atomic E-state index is 0.292. The highest BCUT2D eigenvalue weighted by molar-refractivity contribution is 7.79. The first-order chi connectivity index (χ1) is 6.50. The SMILES string of the molecule is CC(=O)O.CCCC(=O)O.O=S(=O)(O)O. The van der Waals surface area contributed by atoms with Crippen LogP contribution in [-0.2, 0) is 20.0 Å². The second-order valence-corrected chi connectivity index (χ2v) is 3.01. The second kappa shape index (κ2) is 10.9. The van der Waals surface area contributed by atoms with Crippen LogP contribution in [0.5, 0.6) is 0 Å². The Morgan fingerprint density at radius 2 is 1.33 bits per heavy atom. The van der Waals surface area contributed by atoms with E-state index in [2.05, 4.69) is 0 Å². The fraction of sp³-hybridized carbons (Fsp3) is 0.667. The van der Waals surface area contributed by atoms with Crippen molar-refractivity contribution in [1.82, 2.24) is 0 Å². The standard InChI is InChI=1S/C4H8O2.C2H4O2.H2O4S/c1-2-3-4(5)6;1-2(3)4;1-5(2,3)4/h2-3H2,1H3,(H,5,6);1H3,(H,3,4);(H2,1,2,3,4). The van der Waals surface area contributed by atoms with Gasteiger partial charge in [0.1, 0.15) is 0 Å². The maximum Gasteiger partial charge on any atom is 0.394 e. The van der Waals surface area contributed by atoms with Gasteiger partial charge in [-0.05, 0) is 6.42 Å². The maximum absolute atomic E-state index is 9.60. The molecule has 0 fully saturated rings. The van der Waals surface area contributed by atoms with E-state index in [0.29, 0.717) is 6.42 Å². The third-order valence-corrected chi connectivity index (χ3v) is 0.464. The lowest BCUT2D eigenvalue weighted by Gasteiger charge is -1.79. The lowest BCUT2D eigenvalue weighted by molar-refractivity contribution is -0.137. The van der Waals surface area contributed by atoms with Gasteiger partial charge in [0.2, 0.25) is 0 Å². The van der Waals surface area contributed by atoms with Crippen LogP contribution in [0.25, 0.3) is 0 Å². The van der Waals surface area contributed by atoms with Gasteiger partial charge in [0, 0.05) is 13.3 Å². The van der Waals surface area contributed by atoms with Gasteiger partial charge in [-0.2, -0.15) is 8.42 Å². The fourth-order valence-electron chi connectivity index (χ4n) is 0.214. The fourth-order valence-corrected chi connectivity index (χ4v) is 0.214. The predicted octanol–water partition coefficient (Wildman–Crippen LogP) is 0.309. The van der Waals surface area contributed by atoms with Crippen molar-refractivity contribution in [2.45, 2.75) is 26.7 Å². The van der Waals surface area contributed by atoms with Crippen LogP contribution < -0.4 is 0 Å². The monoisotopic (exact) mass is 246 g/mol. The van der Waals surface area contributed by atoms with E-state index < -0.39 is 22.3 Å². The minimum atomic E-state index is -4.67. The van der Waals surface area contributed by atoms with Crippen LogP contribution >= 0.6 is 0 Å². The highest BCUT2D eigenvalue weighted by Crippen LogP contribution is 1.82. The highest BCUT2D eigenvalue weighted by Gasteiger charge is 1.87. The molecule has 0 aromatic heterocycles. The Hall–Kier alpha value is -1.19. The molecule has 15 heavy (non-hydrogen) atoms. The van der Waals surface area contributed by atoms with Gasteiger partial charge in [0.25, 0.3) is 5.97 Å². The number of carboxylic acids is 2. The summed E-state index contributed by atoms with van der Waals surface area (Å²) in [4.78, 5) is 18.6. The van der Waals surface area contributed by atoms with Gasteiger partial charge >= 0.3 is 16.4 Å². The van der Waals surface area contributed by atoms with Crippen molar-refractivity contribution >= 4 is 22.3 Å². The van der Waals surface area contributed by atoms with Crippen molar-refractivity contribution in [3.05, 3.63) is 0 Å². The van der Waals surface area contributed by atoms with Crippen molar-refractivity contribution < 1.29 is 37.3 Å². The van der Waals surface area contributed by atoms with Gasteiger partial charge in [-0.25, -0.2) is 0 Å². The third-order valence-electron chi connectivity index (χ3n) is 0.464. The van der Waals surface area contributed by atoms with E-state index in [9.17, 15) is 4.79 Å². The predicted molar refractivity (Wildman–Crippen MR) is 50.0 cm³/mol. The smallest absolute Gasteiger partial charge is 0.394 e. The van der Waals surface area contributed by atoms with Crippen molar-refractivity contribution in [1.29, 1.82) is 0 Å². The van der Waals surface area contributed by atoms with Gasteiger partial charge in [-0.15, -0.1) is 0 Å². The number of hydrogen-bond acceptors (Lipinski definition) is 4. The molecule has 0 radical (unpaired) electrons. The summed E-state index contributed by atoms with van der Waals surface area (Å²) in [7, 11) is -4.67. The minimum Gasteiger partial charge on any atom is -0.481 e. The average Bonchev–Trinajstić information content (AvgIpc) is 1.79. The Kier molecular flexibility index (Phi) is 14.1. The molecule has 0 spiro atoms. The van der Waals surface area contributed by atoms with Crippen LogP contribution in [0.3, 0.4) is 0 Å². The molecule has 0 amide bonds. The van der Waals surface area contributed by atoms with E-state index in [1.54, 1.807) is 0 Å². The van der Waals surface area contributed by atoms with Crippen LogP contribution in [0.4, 0.5) is 0 Å². The van der Waals surface area contributed by atoms with Crippen LogP contribution in [0.1, 0.15) is 26.7 Å². The molecule has 4 N–H and O–H groups in total. The molecule has 0 bridgehead atoms. The van der Waals surface area contributed by atoms with Crippen molar-refractivity contribution in [3.8, 4) is 0 Å². The Morgan fingerprint density at radius 3 is 1.33 bits per heavy atom. The van der Waals surface area contributed by atoms with Crippen LogP contribution in [0.2, 0.25) is 0 Å². The largest absolute Gasteiger partial charge is 0.481 e. The molecule has 0 saturated carbocycles. The molecule has 0 heterocycles. The molecule has 0 unspecified atom stereocenters. The molecular weight excluding hydrogens is 232 g/mol. The molecule has 8 nitrogen and oxygen atoms in total. The lowest BCUT2D eigenvalue weighted by atomic mass is 10.4. The number of carbonyl (C=O) groups is 2. The number of hydrogen-bond donors (Lipinski definition) is 4. The van der Waals surface area contributed by atoms with Crippen LogP contribution in [-0.4, -0.2) is 39.7 Å². The quantitative estimate of drug-likeness (QED) is 0.508. The summed E-state index contributed by atoms with van der Waals surface area (Å²) in [5.41, 5.74) is 0. The van der Waals surface area contributed by atoms with Gasteiger partial charge < -0.3 is 10.2 Å². The molecule has 0 aromatic rings. The highest BCUT2D eigenvalue weighted by atomic mass is 32.3. The van der Waals surface area contributed by atoms with E-state index in [4.69, 9.17) is 32.5 Å². The first kappa shape index (κ1) is 19.4. The van der Waals surface area contributed by atoms with Gasteiger partial charge in [0.15, 0.2) is 0 Å². The maximum atomic E-state index is 9.60. The zero-order valence-electron chi connectivity index (χ0n) is 8.24. The summed E-state index contributed by atoms with van der Waals surface area (Å²) in [6.07, 6.45) is 1.02. The number of aliphatic carboxylic acids is 2. The molecule has 9 heteroatoms. The van der Waals surface area contributed by atoms with Crippen molar-refractivity contribution in [2.24, 2.45) is 0 Å². The van der Waals surface area contributed by atoms with Crippen molar-refractivity contribution in [2.75, 3.05) is 0 Å². The Labute approximate surface area is 87.1 Å². The van der Waals surface area contributed by atoms with Gasteiger partial charge in [-0.3, -0.25) is 18.7 Å². The zero-order chi connectivity index (χ0) is 13.1. The van der Waals surface area contributed by atoms with E-state index >= 15 is 0 Å². The number of carboxylic acid groups (broad SMARTS) is 2. The summed E-state index contributed by atoms with van der Waals surface area (Å²) in [6.45, 7) is 2.92. The first-order valence-electron chi connectivity index (χ1n) is 3.61. The molecule has 92 valence electrons. The average molecular weight is 246 g/mol. The Morgan fingerprint density at radius 1 is 1.13 bits per heavy atom. The Balaban J connectivity index is -0.000000147. The van der Waals surface area contributed by atoms with Gasteiger partial charge in [-0.1, -0.05) is 6.92 Å². The lowest BCUT2D eigenvalue weighted by Crippen LogP contribution is -1.90. The molecule has 0 rings (SSSR count). The Bertz CT molecular complexity index is 255. The summed E-state index contributed by atoms with van der Waals surface area (Å²) >= 11 is 0. The van der Waals surface area contributed by atoms with Crippen molar-refractivity contribution in [3.63, 3.8) is 0 Å². The van der Waals surface area contributed by atoms with Crippen LogP contribution in [0, 0.1) is 0 Å². The number of rotatable bonds is 2. The molecule has 0 saturated heterocycles. The van der Waals surface area contributed by atoms with E-state index in [1.807, 2.05) is 6.92 Å². The molecule has 0 aliphatic carbocycles. The van der Waals surface area contributed by atoms with Crippen LogP contribution in [0.15, 0.2) is 0 Å².